The summed E-state index contributed by atoms with van der Waals surface area (Å²) in [5, 5.41) is 11.1. The number of thiazole rings is 1. The van der Waals surface area contributed by atoms with Gasteiger partial charge >= 0.3 is 0 Å². The molecule has 1 fully saturated rings. The van der Waals surface area contributed by atoms with Gasteiger partial charge in [-0.1, -0.05) is 35.5 Å². The van der Waals surface area contributed by atoms with Crippen molar-refractivity contribution in [2.24, 2.45) is 0 Å². The lowest BCUT2D eigenvalue weighted by Gasteiger charge is -2.15. The van der Waals surface area contributed by atoms with Crippen LogP contribution in [0, 0.1) is 0 Å². The van der Waals surface area contributed by atoms with E-state index in [9.17, 15) is 4.79 Å². The third-order valence-corrected chi connectivity index (χ3v) is 5.82. The van der Waals surface area contributed by atoms with Gasteiger partial charge < -0.3 is 14.7 Å². The quantitative estimate of drug-likeness (QED) is 0.571. The lowest BCUT2D eigenvalue weighted by Crippen LogP contribution is -2.37. The fourth-order valence-electron chi connectivity index (χ4n) is 3.57. The Labute approximate surface area is 165 Å². The second-order valence-electron chi connectivity index (χ2n) is 6.83. The molecule has 4 aromatic rings. The van der Waals surface area contributed by atoms with E-state index in [1.54, 1.807) is 17.4 Å². The molecule has 5 rings (SSSR count). The fourth-order valence-corrected chi connectivity index (χ4v) is 4.25. The van der Waals surface area contributed by atoms with Crippen LogP contribution in [0.5, 0.6) is 0 Å². The van der Waals surface area contributed by atoms with Gasteiger partial charge in [0.1, 0.15) is 5.52 Å². The molecular formula is C21H18N4O2S. The van der Waals surface area contributed by atoms with Gasteiger partial charge in [-0.2, -0.15) is 0 Å². The number of hydrogen-bond donors (Lipinski definition) is 1. The van der Waals surface area contributed by atoms with E-state index in [4.69, 9.17) is 4.52 Å². The van der Waals surface area contributed by atoms with E-state index in [1.165, 1.54) is 0 Å². The molecule has 0 spiro atoms. The number of benzene rings is 2. The number of nitrogens with zero attached hydrogens (tertiary/aromatic N) is 3. The number of carbonyl (C=O) groups is 1. The van der Waals surface area contributed by atoms with E-state index in [-0.39, 0.29) is 11.9 Å². The first-order valence-corrected chi connectivity index (χ1v) is 10.1. The summed E-state index contributed by atoms with van der Waals surface area (Å²) >= 11 is 1.62. The molecule has 0 unspecified atom stereocenters. The average molecular weight is 390 g/mol. The maximum atomic E-state index is 12.8. The van der Waals surface area contributed by atoms with E-state index in [2.05, 4.69) is 20.4 Å². The normalized spacial score (nSPS) is 16.6. The van der Waals surface area contributed by atoms with Crippen molar-refractivity contribution in [1.82, 2.24) is 15.5 Å². The molecule has 6 nitrogen and oxygen atoms in total. The van der Waals surface area contributed by atoms with Gasteiger partial charge in [0.25, 0.3) is 5.91 Å². The van der Waals surface area contributed by atoms with Gasteiger partial charge in [-0.05, 0) is 24.6 Å². The van der Waals surface area contributed by atoms with Crippen LogP contribution in [0.25, 0.3) is 22.2 Å². The van der Waals surface area contributed by atoms with Gasteiger partial charge in [0.2, 0.25) is 0 Å². The Morgan fingerprint density at radius 2 is 2.11 bits per heavy atom. The van der Waals surface area contributed by atoms with Crippen LogP contribution in [0.4, 0.5) is 5.13 Å². The fraction of sp³-hybridized carbons (Fsp3) is 0.190. The topological polar surface area (TPSA) is 71.3 Å². The predicted octanol–water partition coefficient (Wildman–Crippen LogP) is 3.96. The number of aromatic nitrogens is 2. The number of hydrogen-bond acceptors (Lipinski definition) is 6. The first-order valence-electron chi connectivity index (χ1n) is 9.18. The second kappa shape index (κ2) is 7.09. The van der Waals surface area contributed by atoms with Crippen molar-refractivity contribution >= 4 is 33.3 Å². The zero-order valence-electron chi connectivity index (χ0n) is 15.0. The standard InChI is InChI=1S/C21H18N4O2S/c26-20(23-16-8-10-25(13-16)21-22-9-11-28-21)15-6-7-18-17(12-15)19(27-24-18)14-4-2-1-3-5-14/h1-7,9,11-12,16H,8,10,13H2,(H,23,26)/t16-/m1/s1. The first kappa shape index (κ1) is 16.9. The Morgan fingerprint density at radius 1 is 1.21 bits per heavy atom. The SMILES string of the molecule is O=C(N[C@@H]1CCN(c2nccs2)C1)c1ccc2noc(-c3ccccc3)c2c1. The van der Waals surface area contributed by atoms with Gasteiger partial charge in [-0.3, -0.25) is 4.79 Å². The molecule has 2 aromatic carbocycles. The van der Waals surface area contributed by atoms with E-state index in [0.29, 0.717) is 11.3 Å². The van der Waals surface area contributed by atoms with Crippen LogP contribution in [0.1, 0.15) is 16.8 Å². The molecule has 28 heavy (non-hydrogen) atoms. The summed E-state index contributed by atoms with van der Waals surface area (Å²) in [6, 6.07) is 15.4. The number of amides is 1. The minimum Gasteiger partial charge on any atom is -0.355 e. The van der Waals surface area contributed by atoms with Gasteiger partial charge in [-0.25, -0.2) is 4.98 Å². The minimum atomic E-state index is -0.0758. The molecule has 0 saturated carbocycles. The lowest BCUT2D eigenvalue weighted by molar-refractivity contribution is 0.0940. The van der Waals surface area contributed by atoms with Crippen molar-refractivity contribution in [2.45, 2.75) is 12.5 Å². The number of anilines is 1. The summed E-state index contributed by atoms with van der Waals surface area (Å²) in [5.41, 5.74) is 2.30. The highest BCUT2D eigenvalue weighted by atomic mass is 32.1. The van der Waals surface area contributed by atoms with Crippen molar-refractivity contribution in [3.63, 3.8) is 0 Å². The Bertz CT molecular complexity index is 1110. The molecular weight excluding hydrogens is 372 g/mol. The Kier molecular flexibility index (Phi) is 4.29. The summed E-state index contributed by atoms with van der Waals surface area (Å²) in [5.74, 6) is 0.606. The highest BCUT2D eigenvalue weighted by Gasteiger charge is 2.26. The Balaban J connectivity index is 1.35. The van der Waals surface area contributed by atoms with Gasteiger partial charge in [0.05, 0.1) is 5.39 Å². The minimum absolute atomic E-state index is 0.0758. The highest BCUT2D eigenvalue weighted by molar-refractivity contribution is 7.13. The number of nitrogens with one attached hydrogen (secondary N) is 1. The molecule has 1 saturated heterocycles. The first-order chi connectivity index (χ1) is 13.8. The third-order valence-electron chi connectivity index (χ3n) is 4.99. The summed E-state index contributed by atoms with van der Waals surface area (Å²) in [6.45, 7) is 1.69. The highest BCUT2D eigenvalue weighted by Crippen LogP contribution is 2.29. The summed E-state index contributed by atoms with van der Waals surface area (Å²) < 4.78 is 5.53. The van der Waals surface area contributed by atoms with Crippen LogP contribution in [0.3, 0.4) is 0 Å². The molecule has 0 bridgehead atoms. The van der Waals surface area contributed by atoms with Crippen molar-refractivity contribution in [1.29, 1.82) is 0 Å². The van der Waals surface area contributed by atoms with Crippen LogP contribution in [0.2, 0.25) is 0 Å². The van der Waals surface area contributed by atoms with Crippen molar-refractivity contribution < 1.29 is 9.32 Å². The maximum Gasteiger partial charge on any atom is 0.251 e. The molecule has 1 aliphatic heterocycles. The molecule has 0 aliphatic carbocycles. The van der Waals surface area contributed by atoms with Crippen LogP contribution in [0.15, 0.2) is 64.6 Å². The second-order valence-corrected chi connectivity index (χ2v) is 7.70. The molecule has 1 atom stereocenters. The average Bonchev–Trinajstić information content (AvgIpc) is 3.48. The Morgan fingerprint density at radius 3 is 2.93 bits per heavy atom. The molecule has 7 heteroatoms. The van der Waals surface area contributed by atoms with E-state index < -0.39 is 0 Å². The van der Waals surface area contributed by atoms with E-state index in [0.717, 1.165) is 41.1 Å². The van der Waals surface area contributed by atoms with Gasteiger partial charge in [-0.15, -0.1) is 11.3 Å². The molecule has 1 amide bonds. The molecule has 3 heterocycles. The molecule has 1 N–H and O–H groups in total. The summed E-state index contributed by atoms with van der Waals surface area (Å²) in [7, 11) is 0. The summed E-state index contributed by atoms with van der Waals surface area (Å²) in [6.07, 6.45) is 2.72. The van der Waals surface area contributed by atoms with Crippen molar-refractivity contribution in [2.75, 3.05) is 18.0 Å². The molecule has 0 radical (unpaired) electrons. The number of carbonyl (C=O) groups excluding carboxylic acids is 1. The van der Waals surface area contributed by atoms with Gasteiger partial charge in [0, 0.05) is 41.8 Å². The monoisotopic (exact) mass is 390 g/mol. The van der Waals surface area contributed by atoms with Crippen LogP contribution in [-0.2, 0) is 0 Å². The molecule has 140 valence electrons. The molecule has 1 aliphatic rings. The predicted molar refractivity (Wildman–Crippen MR) is 110 cm³/mol. The van der Waals surface area contributed by atoms with Crippen LogP contribution < -0.4 is 10.2 Å². The van der Waals surface area contributed by atoms with Crippen LogP contribution >= 0.6 is 11.3 Å². The maximum absolute atomic E-state index is 12.8. The van der Waals surface area contributed by atoms with E-state index in [1.807, 2.05) is 54.0 Å². The number of fused-ring (bicyclic) bond motifs is 1. The van der Waals surface area contributed by atoms with Crippen LogP contribution in [-0.4, -0.2) is 35.2 Å². The molecule has 2 aromatic heterocycles. The zero-order valence-corrected chi connectivity index (χ0v) is 15.9. The third kappa shape index (κ3) is 3.14. The van der Waals surface area contributed by atoms with Gasteiger partial charge in [0.15, 0.2) is 10.9 Å². The van der Waals surface area contributed by atoms with E-state index >= 15 is 0 Å². The Hall–Kier alpha value is -3.19. The van der Waals surface area contributed by atoms with Crippen molar-refractivity contribution in [3.8, 4) is 11.3 Å². The smallest absolute Gasteiger partial charge is 0.251 e. The lowest BCUT2D eigenvalue weighted by atomic mass is 10.1. The summed E-state index contributed by atoms with van der Waals surface area (Å²) in [4.78, 5) is 19.4. The van der Waals surface area contributed by atoms with Crippen molar-refractivity contribution in [3.05, 3.63) is 65.7 Å². The largest absolute Gasteiger partial charge is 0.355 e. The number of rotatable bonds is 4. The zero-order chi connectivity index (χ0) is 18.9.